The van der Waals surface area contributed by atoms with E-state index in [1.54, 1.807) is 25.4 Å². The highest BCUT2D eigenvalue weighted by Crippen LogP contribution is 2.22. The van der Waals surface area contributed by atoms with E-state index >= 15 is 0 Å². The summed E-state index contributed by atoms with van der Waals surface area (Å²) in [5.41, 5.74) is 0.643. The van der Waals surface area contributed by atoms with Gasteiger partial charge < -0.3 is 5.32 Å². The number of rotatable bonds is 2. The van der Waals surface area contributed by atoms with Crippen LogP contribution in [0.4, 0.5) is 10.2 Å². The maximum atomic E-state index is 13.2. The minimum Gasteiger partial charge on any atom is -0.373 e. The van der Waals surface area contributed by atoms with Crippen LogP contribution in [0.1, 0.15) is 0 Å². The van der Waals surface area contributed by atoms with Crippen molar-refractivity contribution >= 4 is 21.7 Å². The first kappa shape index (κ1) is 11.0. The summed E-state index contributed by atoms with van der Waals surface area (Å²) in [5, 5.41) is 2.91. The molecule has 0 atom stereocenters. The molecule has 1 N–H and O–H groups in total. The second-order valence-corrected chi connectivity index (χ2v) is 4.09. The van der Waals surface area contributed by atoms with Crippen LogP contribution < -0.4 is 5.32 Å². The summed E-state index contributed by atoms with van der Waals surface area (Å²) in [6.45, 7) is 0. The second-order valence-electron chi connectivity index (χ2n) is 3.17. The molecule has 3 nitrogen and oxygen atoms in total. The van der Waals surface area contributed by atoms with E-state index in [-0.39, 0.29) is 5.82 Å². The maximum Gasteiger partial charge on any atom is 0.161 e. The van der Waals surface area contributed by atoms with Gasteiger partial charge in [-0.2, -0.15) is 0 Å². The van der Waals surface area contributed by atoms with Crippen molar-refractivity contribution in [1.29, 1.82) is 0 Å². The summed E-state index contributed by atoms with van der Waals surface area (Å²) in [5.74, 6) is 0.875. The van der Waals surface area contributed by atoms with Crippen LogP contribution in [0.3, 0.4) is 0 Å². The number of hydrogen-bond donors (Lipinski definition) is 1. The third-order valence-corrected chi connectivity index (χ3v) is 2.49. The number of halogens is 2. The fourth-order valence-corrected chi connectivity index (χ4v) is 1.79. The molecule has 0 unspecified atom stereocenters. The minimum atomic E-state index is -0.317. The summed E-state index contributed by atoms with van der Waals surface area (Å²) in [6, 6.07) is 6.32. The van der Waals surface area contributed by atoms with Crippen LogP contribution in [0.25, 0.3) is 11.4 Å². The van der Waals surface area contributed by atoms with Gasteiger partial charge in [0.15, 0.2) is 5.82 Å². The molecule has 1 aromatic heterocycles. The quantitative estimate of drug-likeness (QED) is 0.919. The smallest absolute Gasteiger partial charge is 0.161 e. The van der Waals surface area contributed by atoms with Crippen LogP contribution in [0.5, 0.6) is 0 Å². The number of hydrogen-bond acceptors (Lipinski definition) is 3. The van der Waals surface area contributed by atoms with Crippen molar-refractivity contribution in [1.82, 2.24) is 9.97 Å². The van der Waals surface area contributed by atoms with E-state index < -0.39 is 0 Å². The molecule has 1 aromatic carbocycles. The number of aromatic nitrogens is 2. The molecule has 5 heteroatoms. The summed E-state index contributed by atoms with van der Waals surface area (Å²) >= 11 is 3.23. The van der Waals surface area contributed by atoms with Crippen molar-refractivity contribution in [2.24, 2.45) is 0 Å². The lowest BCUT2D eigenvalue weighted by molar-refractivity contribution is 0.627. The molecular formula is C11H9BrFN3. The molecule has 0 amide bonds. The normalized spacial score (nSPS) is 10.2. The molecule has 16 heavy (non-hydrogen) atoms. The van der Waals surface area contributed by atoms with Gasteiger partial charge in [0, 0.05) is 23.3 Å². The Bertz CT molecular complexity index is 496. The summed E-state index contributed by atoms with van der Waals surface area (Å²) < 4.78 is 13.9. The van der Waals surface area contributed by atoms with Crippen LogP contribution in [0, 0.1) is 5.82 Å². The molecule has 0 bridgehead atoms. The summed E-state index contributed by atoms with van der Waals surface area (Å²) in [4.78, 5) is 8.34. The Labute approximate surface area is 101 Å². The first-order valence-electron chi connectivity index (χ1n) is 4.66. The Morgan fingerprint density at radius 3 is 2.81 bits per heavy atom. The summed E-state index contributed by atoms with van der Waals surface area (Å²) in [7, 11) is 1.77. The van der Waals surface area contributed by atoms with Gasteiger partial charge in [-0.1, -0.05) is 15.9 Å². The molecule has 0 aliphatic carbocycles. The third kappa shape index (κ3) is 2.36. The molecule has 2 aromatic rings. The van der Waals surface area contributed by atoms with E-state index in [0.29, 0.717) is 21.7 Å². The highest BCUT2D eigenvalue weighted by atomic mass is 79.9. The predicted molar refractivity (Wildman–Crippen MR) is 64.7 cm³/mol. The zero-order valence-electron chi connectivity index (χ0n) is 8.54. The van der Waals surface area contributed by atoms with E-state index in [1.807, 2.05) is 0 Å². The molecule has 0 spiro atoms. The molecule has 0 saturated carbocycles. The van der Waals surface area contributed by atoms with E-state index in [9.17, 15) is 4.39 Å². The van der Waals surface area contributed by atoms with Gasteiger partial charge in [-0.15, -0.1) is 0 Å². The zero-order valence-corrected chi connectivity index (χ0v) is 10.1. The standard InChI is InChI=1S/C11H9BrFN3/c1-14-10-2-3-15-11(16-10)7-4-8(12)6-9(13)5-7/h2-6H,1H3,(H,14,15,16). The zero-order chi connectivity index (χ0) is 11.5. The molecule has 0 fully saturated rings. The average molecular weight is 282 g/mol. The van der Waals surface area contributed by atoms with Gasteiger partial charge in [0.1, 0.15) is 11.6 Å². The van der Waals surface area contributed by atoms with Crippen molar-refractivity contribution in [2.45, 2.75) is 0 Å². The molecule has 1 heterocycles. The number of nitrogens with one attached hydrogen (secondary N) is 1. The Morgan fingerprint density at radius 1 is 1.31 bits per heavy atom. The fourth-order valence-electron chi connectivity index (χ4n) is 1.32. The van der Waals surface area contributed by atoms with Crippen LogP contribution in [0.15, 0.2) is 34.9 Å². The predicted octanol–water partition coefficient (Wildman–Crippen LogP) is 3.09. The molecule has 82 valence electrons. The van der Waals surface area contributed by atoms with Gasteiger partial charge in [-0.3, -0.25) is 0 Å². The highest BCUT2D eigenvalue weighted by Gasteiger charge is 2.05. The lowest BCUT2D eigenvalue weighted by Crippen LogP contribution is -1.96. The minimum absolute atomic E-state index is 0.317. The van der Waals surface area contributed by atoms with Crippen LogP contribution >= 0.6 is 15.9 Å². The number of benzene rings is 1. The Kier molecular flexibility index (Phi) is 3.14. The van der Waals surface area contributed by atoms with Gasteiger partial charge >= 0.3 is 0 Å². The average Bonchev–Trinajstić information content (AvgIpc) is 2.28. The van der Waals surface area contributed by atoms with Crippen molar-refractivity contribution in [3.8, 4) is 11.4 Å². The van der Waals surface area contributed by atoms with Gasteiger partial charge in [-0.25, -0.2) is 14.4 Å². The molecule has 0 saturated heterocycles. The van der Waals surface area contributed by atoms with Crippen LogP contribution in [-0.4, -0.2) is 17.0 Å². The van der Waals surface area contributed by atoms with Crippen molar-refractivity contribution in [3.05, 3.63) is 40.8 Å². The van der Waals surface area contributed by atoms with E-state index in [1.165, 1.54) is 12.1 Å². The lowest BCUT2D eigenvalue weighted by Gasteiger charge is -2.03. The van der Waals surface area contributed by atoms with Crippen LogP contribution in [0.2, 0.25) is 0 Å². The van der Waals surface area contributed by atoms with E-state index in [2.05, 4.69) is 31.2 Å². The largest absolute Gasteiger partial charge is 0.373 e. The molecule has 0 radical (unpaired) electrons. The maximum absolute atomic E-state index is 13.2. The van der Waals surface area contributed by atoms with Crippen molar-refractivity contribution < 1.29 is 4.39 Å². The van der Waals surface area contributed by atoms with Gasteiger partial charge in [0.2, 0.25) is 0 Å². The molecular weight excluding hydrogens is 273 g/mol. The topological polar surface area (TPSA) is 37.8 Å². The van der Waals surface area contributed by atoms with Gasteiger partial charge in [0.05, 0.1) is 0 Å². The molecule has 0 aliphatic rings. The monoisotopic (exact) mass is 281 g/mol. The highest BCUT2D eigenvalue weighted by molar-refractivity contribution is 9.10. The Balaban J connectivity index is 2.49. The number of nitrogens with zero attached hydrogens (tertiary/aromatic N) is 2. The van der Waals surface area contributed by atoms with Crippen LogP contribution in [-0.2, 0) is 0 Å². The van der Waals surface area contributed by atoms with Crippen molar-refractivity contribution in [3.63, 3.8) is 0 Å². The van der Waals surface area contributed by atoms with Gasteiger partial charge in [0.25, 0.3) is 0 Å². The fraction of sp³-hybridized carbons (Fsp3) is 0.0909. The Morgan fingerprint density at radius 2 is 2.12 bits per heavy atom. The first-order valence-corrected chi connectivity index (χ1v) is 5.45. The van der Waals surface area contributed by atoms with Gasteiger partial charge in [-0.05, 0) is 24.3 Å². The lowest BCUT2D eigenvalue weighted by atomic mass is 10.2. The van der Waals surface area contributed by atoms with E-state index in [0.717, 1.165) is 0 Å². The first-order chi connectivity index (χ1) is 7.69. The molecule has 0 aliphatic heterocycles. The summed E-state index contributed by atoms with van der Waals surface area (Å²) in [6.07, 6.45) is 1.63. The van der Waals surface area contributed by atoms with Crippen molar-refractivity contribution in [2.75, 3.05) is 12.4 Å². The molecule has 2 rings (SSSR count). The second kappa shape index (κ2) is 4.57. The van der Waals surface area contributed by atoms with E-state index in [4.69, 9.17) is 0 Å². The Hall–Kier alpha value is -1.49. The SMILES string of the molecule is CNc1ccnc(-c2cc(F)cc(Br)c2)n1. The third-order valence-electron chi connectivity index (χ3n) is 2.03. The number of anilines is 1.